The average Bonchev–Trinajstić information content (AvgIpc) is 4.18. The van der Waals surface area contributed by atoms with Gasteiger partial charge in [-0.1, -0.05) is 64.4 Å². The van der Waals surface area contributed by atoms with Gasteiger partial charge in [0, 0.05) is 61.3 Å². The highest BCUT2D eigenvalue weighted by atomic mass is 16.4. The number of benzene rings is 2. The number of carbonyl (C=O) groups excluding carboxylic acids is 7. The van der Waals surface area contributed by atoms with E-state index in [1.165, 1.54) is 29.6 Å². The fraction of sp³-hybridized carbons (Fsp3) is 0.490. The van der Waals surface area contributed by atoms with Gasteiger partial charge in [0.25, 0.3) is 0 Å². The number of carbonyl (C=O) groups is 8. The number of carboxylic acid groups (broad SMARTS) is 1. The minimum absolute atomic E-state index is 0.0489. The summed E-state index contributed by atoms with van der Waals surface area (Å²) < 4.78 is 0. The minimum atomic E-state index is -1.40. The predicted octanol–water partition coefficient (Wildman–Crippen LogP) is -0.416. The summed E-state index contributed by atoms with van der Waals surface area (Å²) in [6.45, 7) is 7.11. The highest BCUT2D eigenvalue weighted by Crippen LogP contribution is 2.23. The van der Waals surface area contributed by atoms with Crippen LogP contribution < -0.4 is 48.7 Å². The molecule has 24 nitrogen and oxygen atoms in total. The normalized spacial score (nSPS) is 16.1. The van der Waals surface area contributed by atoms with Gasteiger partial charge in [0.05, 0.1) is 12.9 Å². The number of hydrogen-bond acceptors (Lipinski definition) is 12. The van der Waals surface area contributed by atoms with Crippen LogP contribution in [0.15, 0.2) is 72.2 Å². The number of likely N-dealkylation sites (tertiary alicyclic amines) is 1. The molecule has 3 heterocycles. The third-order valence-corrected chi connectivity index (χ3v) is 13.1. The smallest absolute Gasteiger partial charge is 0.326 e. The van der Waals surface area contributed by atoms with Crippen LogP contribution in [0.25, 0.3) is 10.9 Å². The number of phenols is 1. The molecule has 1 fully saturated rings. The van der Waals surface area contributed by atoms with Gasteiger partial charge in [-0.3, -0.25) is 38.6 Å². The molecular formula is C51H72N14O10. The molecule has 406 valence electrons. The van der Waals surface area contributed by atoms with Crippen molar-refractivity contribution in [1.82, 2.24) is 57.1 Å². The van der Waals surface area contributed by atoms with Crippen molar-refractivity contribution in [1.29, 1.82) is 0 Å². The molecule has 24 heteroatoms. The molecule has 0 bridgehead atoms. The number of aromatic nitrogens is 3. The van der Waals surface area contributed by atoms with E-state index in [-0.39, 0.29) is 63.4 Å². The minimum Gasteiger partial charge on any atom is -0.508 e. The number of guanidine groups is 1. The summed E-state index contributed by atoms with van der Waals surface area (Å²) >= 11 is 0. The first-order chi connectivity index (χ1) is 35.8. The van der Waals surface area contributed by atoms with Crippen molar-refractivity contribution in [3.05, 3.63) is 84.1 Å². The molecule has 5 rings (SSSR count). The number of imidazole rings is 1. The van der Waals surface area contributed by atoms with E-state index in [0.717, 1.165) is 10.9 Å². The number of fused-ring (bicyclic) bond motifs is 1. The first-order valence-electron chi connectivity index (χ1n) is 25.1. The zero-order chi connectivity index (χ0) is 54.8. The number of nitrogens with zero attached hydrogens (tertiary/aromatic N) is 3. The van der Waals surface area contributed by atoms with Gasteiger partial charge in [0.2, 0.25) is 41.4 Å². The molecule has 0 radical (unpaired) electrons. The van der Waals surface area contributed by atoms with E-state index < -0.39 is 101 Å². The van der Waals surface area contributed by atoms with Crippen LogP contribution in [0.3, 0.4) is 0 Å². The Morgan fingerprint density at radius 1 is 0.800 bits per heavy atom. The van der Waals surface area contributed by atoms with E-state index in [1.807, 2.05) is 24.3 Å². The number of aliphatic imine (C=N–C) groups is 1. The number of phenolic OH excluding ortho intramolecular Hbond substituents is 1. The number of rotatable bonds is 28. The van der Waals surface area contributed by atoms with Crippen LogP contribution >= 0.6 is 0 Å². The third-order valence-electron chi connectivity index (χ3n) is 13.1. The first kappa shape index (κ1) is 57.9. The molecule has 15 N–H and O–H groups in total. The van der Waals surface area contributed by atoms with Crippen LogP contribution in [-0.4, -0.2) is 152 Å². The van der Waals surface area contributed by atoms with Gasteiger partial charge in [-0.25, -0.2) is 9.78 Å². The monoisotopic (exact) mass is 1040 g/mol. The number of aromatic hydroxyl groups is 1. The maximum absolute atomic E-state index is 14.9. The van der Waals surface area contributed by atoms with E-state index in [0.29, 0.717) is 36.1 Å². The van der Waals surface area contributed by atoms with Crippen LogP contribution in [0.1, 0.15) is 76.6 Å². The SMILES string of the molecule is CC[C@H](C)[C@H](NC(=O)[C@@H]1CCCN1C(=O)[C@H](Cc1cnc[nH]1)NC(=O)[C@H](Cc1c[nH]c2ccccc12)NC(=O)[C@H](Cc1ccc(O)cc1)NC(=O)[C@@H](NC(=O)[C@H](CCCN=C(N)N)NC(=O)CNC)C(C)C)C(=O)O. The van der Waals surface area contributed by atoms with Gasteiger partial charge in [0.1, 0.15) is 48.0 Å². The van der Waals surface area contributed by atoms with Crippen molar-refractivity contribution < 1.29 is 48.6 Å². The Morgan fingerprint density at radius 3 is 2.11 bits per heavy atom. The fourth-order valence-corrected chi connectivity index (χ4v) is 8.83. The molecule has 4 aromatic rings. The number of aromatic amines is 2. The Bertz CT molecular complexity index is 2620. The predicted molar refractivity (Wildman–Crippen MR) is 278 cm³/mol. The maximum atomic E-state index is 14.9. The summed E-state index contributed by atoms with van der Waals surface area (Å²) in [6.07, 6.45) is 5.79. The second-order valence-electron chi connectivity index (χ2n) is 19.1. The van der Waals surface area contributed by atoms with Crippen LogP contribution in [0.4, 0.5) is 0 Å². The molecule has 1 saturated heterocycles. The summed E-state index contributed by atoms with van der Waals surface area (Å²) in [6, 6.07) is 4.58. The van der Waals surface area contributed by atoms with Crippen molar-refractivity contribution in [2.75, 3.05) is 26.7 Å². The Kier molecular flexibility index (Phi) is 21.5. The molecule has 0 saturated carbocycles. The molecule has 1 aliphatic rings. The molecule has 2 aromatic heterocycles. The molecule has 1 aliphatic heterocycles. The molecule has 75 heavy (non-hydrogen) atoms. The van der Waals surface area contributed by atoms with E-state index in [1.54, 1.807) is 53.1 Å². The number of aliphatic carboxylic acids is 1. The zero-order valence-corrected chi connectivity index (χ0v) is 43.0. The maximum Gasteiger partial charge on any atom is 0.326 e. The number of carboxylic acids is 1. The van der Waals surface area contributed by atoms with Crippen molar-refractivity contribution >= 4 is 64.2 Å². The summed E-state index contributed by atoms with van der Waals surface area (Å²) in [5.41, 5.74) is 13.3. The lowest BCUT2D eigenvalue weighted by atomic mass is 9.98. The highest BCUT2D eigenvalue weighted by Gasteiger charge is 2.41. The zero-order valence-electron chi connectivity index (χ0n) is 43.0. The molecule has 7 amide bonds. The van der Waals surface area contributed by atoms with Crippen molar-refractivity contribution in [3.63, 3.8) is 0 Å². The van der Waals surface area contributed by atoms with Crippen molar-refractivity contribution in [3.8, 4) is 5.75 Å². The molecule has 0 aliphatic carbocycles. The molecule has 0 unspecified atom stereocenters. The second kappa shape index (κ2) is 27.9. The van der Waals surface area contributed by atoms with E-state index >= 15 is 0 Å². The number of H-pyrrole nitrogens is 2. The van der Waals surface area contributed by atoms with Crippen LogP contribution in [0, 0.1) is 11.8 Å². The quantitative estimate of drug-likeness (QED) is 0.0195. The molecular weight excluding hydrogens is 969 g/mol. The Hall–Kier alpha value is -8.02. The first-order valence-corrected chi connectivity index (χ1v) is 25.1. The van der Waals surface area contributed by atoms with Crippen molar-refractivity contribution in [2.45, 2.75) is 121 Å². The Balaban J connectivity index is 1.46. The molecule has 0 spiro atoms. The number of likely N-dealkylation sites (N-methyl/N-ethyl adjacent to an activating group) is 1. The standard InChI is InChI=1S/C51H72N14O10/c1-6-29(4)43(50(74)75)64-47(71)40-14-10-20-65(40)49(73)39(23-32-25-55-27-58-32)62-46(70)38(22-31-24-57-35-12-8-7-11-34(31)35)60-45(69)37(21-30-15-17-33(66)18-16-30)61-48(72)42(28(2)3)63-44(68)36(59-41(67)26-54-5)13-9-19-56-51(52)53/h7-8,11-12,15-18,24-25,27-29,36-40,42-43,54,57,66H,6,9-10,13-14,19-23,26H2,1-5H3,(H,55,58)(H,59,67)(H,60,69)(H,61,72)(H,62,70)(H,63,68)(H,64,71)(H,74,75)(H4,52,53,56)/t29-,36-,37-,38-,39-,40-,42-,43-/m0/s1. The highest BCUT2D eigenvalue weighted by molar-refractivity contribution is 5.98. The Labute approximate surface area is 434 Å². The number of para-hydroxylation sites is 1. The van der Waals surface area contributed by atoms with Crippen LogP contribution in [0.5, 0.6) is 5.75 Å². The van der Waals surface area contributed by atoms with Gasteiger partial charge in [-0.2, -0.15) is 0 Å². The van der Waals surface area contributed by atoms with Crippen LogP contribution in [-0.2, 0) is 57.6 Å². The topological polar surface area (TPSA) is 373 Å². The van der Waals surface area contributed by atoms with Gasteiger partial charge in [0.15, 0.2) is 5.96 Å². The van der Waals surface area contributed by atoms with E-state index in [9.17, 15) is 48.6 Å². The van der Waals surface area contributed by atoms with E-state index in [2.05, 4.69) is 57.2 Å². The summed E-state index contributed by atoms with van der Waals surface area (Å²) in [5, 5.41) is 40.0. The molecule has 8 atom stereocenters. The van der Waals surface area contributed by atoms with Crippen molar-refractivity contribution in [2.24, 2.45) is 28.3 Å². The second-order valence-corrected chi connectivity index (χ2v) is 19.1. The molecule has 2 aromatic carbocycles. The Morgan fingerprint density at radius 2 is 1.47 bits per heavy atom. The number of amides is 7. The lowest BCUT2D eigenvalue weighted by Gasteiger charge is -2.31. The summed E-state index contributed by atoms with van der Waals surface area (Å²) in [4.78, 5) is 127. The summed E-state index contributed by atoms with van der Waals surface area (Å²) in [7, 11) is 1.57. The van der Waals surface area contributed by atoms with E-state index in [4.69, 9.17) is 11.5 Å². The number of nitrogens with one attached hydrogen (secondary N) is 9. The van der Waals surface area contributed by atoms with Gasteiger partial charge >= 0.3 is 5.97 Å². The lowest BCUT2D eigenvalue weighted by molar-refractivity contribution is -0.146. The van der Waals surface area contributed by atoms with Crippen LogP contribution in [0.2, 0.25) is 0 Å². The van der Waals surface area contributed by atoms with Gasteiger partial charge in [-0.05, 0) is 73.9 Å². The van der Waals surface area contributed by atoms with Gasteiger partial charge in [-0.15, -0.1) is 0 Å². The largest absolute Gasteiger partial charge is 0.508 e. The fourth-order valence-electron chi connectivity index (χ4n) is 8.83. The summed E-state index contributed by atoms with van der Waals surface area (Å²) in [5.74, 6) is -7.13. The number of nitrogens with two attached hydrogens (primary N) is 2. The third kappa shape index (κ3) is 16.8. The van der Waals surface area contributed by atoms with Gasteiger partial charge < -0.3 is 73.8 Å². The lowest BCUT2D eigenvalue weighted by Crippen LogP contribution is -2.61. The number of hydrogen-bond donors (Lipinski definition) is 13. The average molecular weight is 1040 g/mol.